The van der Waals surface area contributed by atoms with Gasteiger partial charge in [-0.3, -0.25) is 9.69 Å². The molecule has 104 valence electrons. The fourth-order valence-electron chi connectivity index (χ4n) is 2.78. The molecule has 1 amide bonds. The largest absolute Gasteiger partial charge is 0.378 e. The van der Waals surface area contributed by atoms with Crippen LogP contribution in [0, 0.1) is 5.92 Å². The van der Waals surface area contributed by atoms with Crippen LogP contribution in [0.4, 0.5) is 0 Å². The Hall–Kier alpha value is -0.650. The summed E-state index contributed by atoms with van der Waals surface area (Å²) in [4.78, 5) is 16.6. The quantitative estimate of drug-likeness (QED) is 0.765. The van der Waals surface area contributed by atoms with Crippen molar-refractivity contribution in [2.75, 3.05) is 39.3 Å². The molecule has 2 rings (SSSR count). The fraction of sp³-hybridized carbons (Fsp3) is 0.923. The molecule has 3 unspecified atom stereocenters. The maximum absolute atomic E-state index is 12.3. The van der Waals surface area contributed by atoms with Gasteiger partial charge in [0.2, 0.25) is 5.91 Å². The van der Waals surface area contributed by atoms with Crippen molar-refractivity contribution in [2.24, 2.45) is 11.7 Å². The molecule has 0 aromatic rings. The summed E-state index contributed by atoms with van der Waals surface area (Å²) in [5.74, 6) is 0.359. The molecule has 0 bridgehead atoms. The van der Waals surface area contributed by atoms with E-state index in [0.717, 1.165) is 32.6 Å². The molecule has 5 heteroatoms. The number of nitrogens with two attached hydrogens (primary N) is 1. The second-order valence-electron chi connectivity index (χ2n) is 5.52. The van der Waals surface area contributed by atoms with Crippen molar-refractivity contribution in [3.05, 3.63) is 0 Å². The van der Waals surface area contributed by atoms with Crippen LogP contribution in [0.2, 0.25) is 0 Å². The molecule has 0 aliphatic carbocycles. The lowest BCUT2D eigenvalue weighted by molar-refractivity contribution is -0.137. The number of carbonyl (C=O) groups excluding carboxylic acids is 1. The van der Waals surface area contributed by atoms with Crippen molar-refractivity contribution >= 4 is 5.91 Å². The lowest BCUT2D eigenvalue weighted by Gasteiger charge is -2.38. The molecule has 2 N–H and O–H groups in total. The van der Waals surface area contributed by atoms with Gasteiger partial charge in [0.25, 0.3) is 0 Å². The molecule has 2 saturated heterocycles. The Kier molecular flexibility index (Phi) is 4.59. The minimum atomic E-state index is 0.0819. The zero-order chi connectivity index (χ0) is 13.1. The van der Waals surface area contributed by atoms with E-state index in [4.69, 9.17) is 10.5 Å². The summed E-state index contributed by atoms with van der Waals surface area (Å²) in [6.45, 7) is 8.99. The summed E-state index contributed by atoms with van der Waals surface area (Å²) in [6.07, 6.45) is 1.11. The molecule has 0 spiro atoms. The van der Waals surface area contributed by atoms with Gasteiger partial charge in [0.15, 0.2) is 0 Å². The van der Waals surface area contributed by atoms with Crippen LogP contribution in [-0.2, 0) is 9.53 Å². The molecule has 0 aromatic heterocycles. The summed E-state index contributed by atoms with van der Waals surface area (Å²) >= 11 is 0. The number of hydrogen-bond acceptors (Lipinski definition) is 4. The fourth-order valence-corrected chi connectivity index (χ4v) is 2.78. The van der Waals surface area contributed by atoms with Crippen LogP contribution in [0.15, 0.2) is 0 Å². The Bertz CT molecular complexity index is 290. The second-order valence-corrected chi connectivity index (χ2v) is 5.52. The highest BCUT2D eigenvalue weighted by molar-refractivity contribution is 5.79. The van der Waals surface area contributed by atoms with Gasteiger partial charge in [-0.15, -0.1) is 0 Å². The van der Waals surface area contributed by atoms with Gasteiger partial charge in [-0.2, -0.15) is 0 Å². The molecule has 2 heterocycles. The van der Waals surface area contributed by atoms with Crippen molar-refractivity contribution in [1.29, 1.82) is 0 Å². The van der Waals surface area contributed by atoms with Crippen molar-refractivity contribution < 1.29 is 9.53 Å². The zero-order valence-corrected chi connectivity index (χ0v) is 11.5. The summed E-state index contributed by atoms with van der Waals surface area (Å²) in [5.41, 5.74) is 5.67. The maximum atomic E-state index is 12.3. The lowest BCUT2D eigenvalue weighted by atomic mass is 10.0. The van der Waals surface area contributed by atoms with Gasteiger partial charge >= 0.3 is 0 Å². The first-order valence-corrected chi connectivity index (χ1v) is 6.96. The Morgan fingerprint density at radius 2 is 2.06 bits per heavy atom. The maximum Gasteiger partial charge on any atom is 0.228 e. The van der Waals surface area contributed by atoms with Crippen molar-refractivity contribution in [3.8, 4) is 0 Å². The summed E-state index contributed by atoms with van der Waals surface area (Å²) in [6, 6.07) is 0.414. The Morgan fingerprint density at radius 3 is 2.56 bits per heavy atom. The third-order valence-corrected chi connectivity index (χ3v) is 4.14. The predicted molar refractivity (Wildman–Crippen MR) is 70.2 cm³/mol. The van der Waals surface area contributed by atoms with E-state index < -0.39 is 0 Å². The van der Waals surface area contributed by atoms with Crippen molar-refractivity contribution in [3.63, 3.8) is 0 Å². The summed E-state index contributed by atoms with van der Waals surface area (Å²) < 4.78 is 5.48. The molecule has 2 fully saturated rings. The number of hydrogen-bond donors (Lipinski definition) is 1. The smallest absolute Gasteiger partial charge is 0.228 e. The van der Waals surface area contributed by atoms with E-state index in [1.807, 2.05) is 11.8 Å². The summed E-state index contributed by atoms with van der Waals surface area (Å²) in [5, 5.41) is 0. The lowest BCUT2D eigenvalue weighted by Crippen LogP contribution is -2.54. The van der Waals surface area contributed by atoms with E-state index in [9.17, 15) is 4.79 Å². The number of amides is 1. The first-order chi connectivity index (χ1) is 8.61. The molecule has 2 aliphatic rings. The van der Waals surface area contributed by atoms with Gasteiger partial charge in [0.1, 0.15) is 0 Å². The molecule has 0 saturated carbocycles. The van der Waals surface area contributed by atoms with Gasteiger partial charge < -0.3 is 15.4 Å². The first-order valence-electron chi connectivity index (χ1n) is 6.96. The normalized spacial score (nSPS) is 31.6. The molecular weight excluding hydrogens is 230 g/mol. The third-order valence-electron chi connectivity index (χ3n) is 4.14. The Morgan fingerprint density at radius 1 is 1.39 bits per heavy atom. The zero-order valence-electron chi connectivity index (χ0n) is 11.5. The van der Waals surface area contributed by atoms with Gasteiger partial charge in [-0.05, 0) is 20.3 Å². The standard InChI is InChI=1S/C13H25N3O2/c1-10(8-14)15-3-5-16(6-4-15)13(17)12-7-11(2)18-9-12/h10-12H,3-9,14H2,1-2H3. The number of nitrogens with zero attached hydrogens (tertiary/aromatic N) is 2. The van der Waals surface area contributed by atoms with Gasteiger partial charge in [0, 0.05) is 38.8 Å². The number of piperazine rings is 1. The number of carbonyl (C=O) groups is 1. The van der Waals surface area contributed by atoms with Crippen LogP contribution in [0.5, 0.6) is 0 Å². The minimum absolute atomic E-state index is 0.0819. The third kappa shape index (κ3) is 3.02. The van der Waals surface area contributed by atoms with Crippen LogP contribution in [0.1, 0.15) is 20.3 Å². The van der Waals surface area contributed by atoms with E-state index >= 15 is 0 Å². The van der Waals surface area contributed by atoms with Crippen LogP contribution >= 0.6 is 0 Å². The monoisotopic (exact) mass is 255 g/mol. The highest BCUT2D eigenvalue weighted by Gasteiger charge is 2.33. The predicted octanol–water partition coefficient (Wildman–Crippen LogP) is -0.0972. The van der Waals surface area contributed by atoms with Gasteiger partial charge in [-0.25, -0.2) is 0 Å². The average molecular weight is 255 g/mol. The van der Waals surface area contributed by atoms with E-state index in [0.29, 0.717) is 19.2 Å². The van der Waals surface area contributed by atoms with Crippen LogP contribution in [-0.4, -0.2) is 67.2 Å². The summed E-state index contributed by atoms with van der Waals surface area (Å²) in [7, 11) is 0. The molecule has 0 aromatic carbocycles. The topological polar surface area (TPSA) is 58.8 Å². The Labute approximate surface area is 109 Å². The van der Waals surface area contributed by atoms with Crippen LogP contribution in [0.3, 0.4) is 0 Å². The van der Waals surface area contributed by atoms with E-state index in [-0.39, 0.29) is 17.9 Å². The van der Waals surface area contributed by atoms with E-state index in [2.05, 4.69) is 11.8 Å². The van der Waals surface area contributed by atoms with Crippen LogP contribution in [0.25, 0.3) is 0 Å². The second kappa shape index (κ2) is 5.99. The SMILES string of the molecule is CC1CC(C(=O)N2CCN(C(C)CN)CC2)CO1. The minimum Gasteiger partial charge on any atom is -0.378 e. The molecule has 5 nitrogen and oxygen atoms in total. The van der Waals surface area contributed by atoms with Crippen molar-refractivity contribution in [1.82, 2.24) is 9.80 Å². The highest BCUT2D eigenvalue weighted by atomic mass is 16.5. The van der Waals surface area contributed by atoms with E-state index in [1.165, 1.54) is 0 Å². The van der Waals surface area contributed by atoms with Crippen molar-refractivity contribution in [2.45, 2.75) is 32.4 Å². The molecular formula is C13H25N3O2. The molecule has 3 atom stereocenters. The van der Waals surface area contributed by atoms with E-state index in [1.54, 1.807) is 0 Å². The average Bonchev–Trinajstić information content (AvgIpc) is 2.84. The molecule has 0 radical (unpaired) electrons. The van der Waals surface area contributed by atoms with Gasteiger partial charge in [-0.1, -0.05) is 0 Å². The number of rotatable bonds is 3. The first kappa shape index (κ1) is 13.8. The highest BCUT2D eigenvalue weighted by Crippen LogP contribution is 2.22. The Balaban J connectivity index is 1.80. The van der Waals surface area contributed by atoms with Crippen LogP contribution < -0.4 is 5.73 Å². The van der Waals surface area contributed by atoms with Gasteiger partial charge in [0.05, 0.1) is 18.6 Å². The molecule has 2 aliphatic heterocycles. The molecule has 18 heavy (non-hydrogen) atoms. The number of ether oxygens (including phenoxy) is 1.